The van der Waals surface area contributed by atoms with Gasteiger partial charge in [-0.3, -0.25) is 9.48 Å². The number of carbonyl (C=O) groups is 1. The molecule has 3 aromatic rings. The zero-order valence-corrected chi connectivity index (χ0v) is 13.5. The number of nitrogens with zero attached hydrogens (tertiary/aromatic N) is 4. The normalized spacial score (nSPS) is 16.7. The summed E-state index contributed by atoms with van der Waals surface area (Å²) in [5, 5.41) is 4.18. The molecular weight excluding hydrogens is 300 g/mol. The van der Waals surface area contributed by atoms with Gasteiger partial charge in [0.15, 0.2) is 0 Å². The average molecular weight is 318 g/mol. The molecule has 0 N–H and O–H groups in total. The van der Waals surface area contributed by atoms with Crippen LogP contribution in [-0.4, -0.2) is 32.1 Å². The Hall–Kier alpha value is -2.95. The summed E-state index contributed by atoms with van der Waals surface area (Å²) >= 11 is 0. The fourth-order valence-electron chi connectivity index (χ4n) is 3.35. The molecule has 0 bridgehead atoms. The molecule has 120 valence electrons. The number of fused-ring (bicyclic) bond motifs is 1. The van der Waals surface area contributed by atoms with Gasteiger partial charge in [-0.2, -0.15) is 0 Å². The van der Waals surface area contributed by atoms with Crippen molar-refractivity contribution in [2.24, 2.45) is 7.05 Å². The zero-order chi connectivity index (χ0) is 16.5. The lowest BCUT2D eigenvalue weighted by molar-refractivity contribution is 0.0682. The maximum atomic E-state index is 13.0. The van der Waals surface area contributed by atoms with E-state index in [4.69, 9.17) is 0 Å². The van der Waals surface area contributed by atoms with E-state index in [1.165, 1.54) is 11.1 Å². The van der Waals surface area contributed by atoms with Crippen molar-refractivity contribution in [1.29, 1.82) is 0 Å². The third-order valence-electron chi connectivity index (χ3n) is 4.45. The molecule has 1 aliphatic heterocycles. The van der Waals surface area contributed by atoms with Crippen LogP contribution in [0.3, 0.4) is 0 Å². The van der Waals surface area contributed by atoms with Crippen molar-refractivity contribution in [2.45, 2.75) is 12.5 Å². The number of aryl methyl sites for hydroxylation is 1. The van der Waals surface area contributed by atoms with Crippen molar-refractivity contribution in [3.63, 3.8) is 0 Å². The van der Waals surface area contributed by atoms with Gasteiger partial charge < -0.3 is 4.90 Å². The Bertz CT molecular complexity index is 872. The van der Waals surface area contributed by atoms with Crippen LogP contribution in [0.15, 0.2) is 60.9 Å². The van der Waals surface area contributed by atoms with E-state index < -0.39 is 0 Å². The van der Waals surface area contributed by atoms with Crippen LogP contribution in [0.1, 0.15) is 33.4 Å². The maximum absolute atomic E-state index is 13.0. The first kappa shape index (κ1) is 14.6. The minimum absolute atomic E-state index is 0.104. The van der Waals surface area contributed by atoms with Crippen LogP contribution < -0.4 is 0 Å². The molecule has 0 aliphatic carbocycles. The van der Waals surface area contributed by atoms with Gasteiger partial charge in [0, 0.05) is 13.6 Å². The summed E-state index contributed by atoms with van der Waals surface area (Å²) in [5.41, 5.74) is 3.58. The van der Waals surface area contributed by atoms with Crippen LogP contribution in [0.25, 0.3) is 0 Å². The van der Waals surface area contributed by atoms with Crippen molar-refractivity contribution < 1.29 is 4.79 Å². The van der Waals surface area contributed by atoms with Gasteiger partial charge in [-0.1, -0.05) is 54.6 Å². The second-order valence-electron chi connectivity index (χ2n) is 6.00. The predicted molar refractivity (Wildman–Crippen MR) is 90.5 cm³/mol. The second kappa shape index (κ2) is 5.92. The van der Waals surface area contributed by atoms with Crippen molar-refractivity contribution in [3.05, 3.63) is 83.4 Å². The summed E-state index contributed by atoms with van der Waals surface area (Å²) in [7, 11) is 1.77. The lowest BCUT2D eigenvalue weighted by Gasteiger charge is -2.37. The standard InChI is InChI=1S/C19H18N4O/c1-22-13-20-18(21-22)19(24)23-12-11-14-7-5-6-10-16(14)17(23)15-8-3-2-4-9-15/h2-10,13,17H,11-12H2,1H3/t17-/m0/s1. The van der Waals surface area contributed by atoms with Crippen LogP contribution in [0.5, 0.6) is 0 Å². The molecule has 4 rings (SSSR count). The molecule has 2 heterocycles. The van der Waals surface area contributed by atoms with E-state index in [-0.39, 0.29) is 17.8 Å². The van der Waals surface area contributed by atoms with E-state index in [9.17, 15) is 4.79 Å². The van der Waals surface area contributed by atoms with Crippen molar-refractivity contribution in [1.82, 2.24) is 19.7 Å². The molecule has 1 atom stereocenters. The number of hydrogen-bond acceptors (Lipinski definition) is 3. The molecule has 1 amide bonds. The van der Waals surface area contributed by atoms with Gasteiger partial charge in [-0.05, 0) is 23.1 Å². The first-order chi connectivity index (χ1) is 11.7. The molecule has 0 fully saturated rings. The molecule has 0 unspecified atom stereocenters. The van der Waals surface area contributed by atoms with Crippen LogP contribution in [-0.2, 0) is 13.5 Å². The molecule has 1 aliphatic rings. The summed E-state index contributed by atoms with van der Waals surface area (Å²) in [6.45, 7) is 0.660. The topological polar surface area (TPSA) is 51.0 Å². The van der Waals surface area contributed by atoms with Crippen LogP contribution >= 0.6 is 0 Å². The lowest BCUT2D eigenvalue weighted by Crippen LogP contribution is -2.41. The molecule has 2 aromatic carbocycles. The number of rotatable bonds is 2. The van der Waals surface area contributed by atoms with Gasteiger partial charge in [-0.25, -0.2) is 4.98 Å². The number of amides is 1. The fourth-order valence-corrected chi connectivity index (χ4v) is 3.35. The first-order valence-electron chi connectivity index (χ1n) is 8.03. The molecular formula is C19H18N4O. The highest BCUT2D eigenvalue weighted by atomic mass is 16.2. The fraction of sp³-hybridized carbons (Fsp3) is 0.211. The van der Waals surface area contributed by atoms with Gasteiger partial charge in [-0.15, -0.1) is 5.10 Å². The van der Waals surface area contributed by atoms with Gasteiger partial charge in [0.1, 0.15) is 6.33 Å². The molecule has 5 heteroatoms. The van der Waals surface area contributed by atoms with E-state index >= 15 is 0 Å². The Morgan fingerprint density at radius 2 is 1.83 bits per heavy atom. The van der Waals surface area contributed by atoms with Gasteiger partial charge in [0.05, 0.1) is 6.04 Å². The molecule has 24 heavy (non-hydrogen) atoms. The first-order valence-corrected chi connectivity index (χ1v) is 8.03. The monoisotopic (exact) mass is 318 g/mol. The summed E-state index contributed by atoms with van der Waals surface area (Å²) in [5.74, 6) is 0.122. The Kier molecular flexibility index (Phi) is 3.61. The maximum Gasteiger partial charge on any atom is 0.294 e. The van der Waals surface area contributed by atoms with E-state index in [0.29, 0.717) is 6.54 Å². The highest BCUT2D eigenvalue weighted by Gasteiger charge is 2.33. The minimum Gasteiger partial charge on any atom is -0.324 e. The largest absolute Gasteiger partial charge is 0.324 e. The van der Waals surface area contributed by atoms with Gasteiger partial charge >= 0.3 is 0 Å². The van der Waals surface area contributed by atoms with Crippen molar-refractivity contribution in [3.8, 4) is 0 Å². The molecule has 1 aromatic heterocycles. The molecule has 0 radical (unpaired) electrons. The quantitative estimate of drug-likeness (QED) is 0.730. The summed E-state index contributed by atoms with van der Waals surface area (Å²) in [6.07, 6.45) is 2.40. The second-order valence-corrected chi connectivity index (χ2v) is 6.00. The lowest BCUT2D eigenvalue weighted by atomic mass is 9.88. The number of aromatic nitrogens is 3. The highest BCUT2D eigenvalue weighted by Crippen LogP contribution is 2.35. The third kappa shape index (κ3) is 2.48. The molecule has 0 spiro atoms. The molecule has 5 nitrogen and oxygen atoms in total. The average Bonchev–Trinajstić information content (AvgIpc) is 3.07. The summed E-state index contributed by atoms with van der Waals surface area (Å²) in [6, 6.07) is 18.4. The van der Waals surface area contributed by atoms with Crippen molar-refractivity contribution >= 4 is 5.91 Å². The van der Waals surface area contributed by atoms with Crippen LogP contribution in [0.2, 0.25) is 0 Å². The summed E-state index contributed by atoms with van der Waals surface area (Å²) < 4.78 is 1.56. The minimum atomic E-state index is -0.126. The smallest absolute Gasteiger partial charge is 0.294 e. The van der Waals surface area contributed by atoms with E-state index in [1.807, 2.05) is 29.2 Å². The van der Waals surface area contributed by atoms with E-state index in [0.717, 1.165) is 12.0 Å². The highest BCUT2D eigenvalue weighted by molar-refractivity contribution is 5.91. The van der Waals surface area contributed by atoms with Gasteiger partial charge in [0.25, 0.3) is 5.91 Å². The Morgan fingerprint density at radius 3 is 2.58 bits per heavy atom. The van der Waals surface area contributed by atoms with E-state index in [1.54, 1.807) is 18.1 Å². The predicted octanol–water partition coefficient (Wildman–Crippen LogP) is 2.60. The van der Waals surface area contributed by atoms with Gasteiger partial charge in [0.2, 0.25) is 5.82 Å². The zero-order valence-electron chi connectivity index (χ0n) is 13.5. The Balaban J connectivity index is 1.80. The molecule has 0 saturated carbocycles. The van der Waals surface area contributed by atoms with Crippen LogP contribution in [0.4, 0.5) is 0 Å². The number of carbonyl (C=O) groups excluding carboxylic acids is 1. The number of hydrogen-bond donors (Lipinski definition) is 0. The molecule has 0 saturated heterocycles. The Morgan fingerprint density at radius 1 is 1.08 bits per heavy atom. The Labute approximate surface area is 140 Å². The van der Waals surface area contributed by atoms with Crippen molar-refractivity contribution in [2.75, 3.05) is 6.54 Å². The number of benzene rings is 2. The third-order valence-corrected chi connectivity index (χ3v) is 4.45. The summed E-state index contributed by atoms with van der Waals surface area (Å²) in [4.78, 5) is 19.0. The van der Waals surface area contributed by atoms with Crippen LogP contribution in [0, 0.1) is 0 Å². The SMILES string of the molecule is Cn1cnc(C(=O)N2CCc3ccccc3[C@@H]2c2ccccc2)n1. The van der Waals surface area contributed by atoms with E-state index in [2.05, 4.69) is 40.4 Å².